The van der Waals surface area contributed by atoms with Crippen molar-refractivity contribution in [2.24, 2.45) is 0 Å². The molecule has 1 aromatic carbocycles. The Bertz CT molecular complexity index is 714. The zero-order chi connectivity index (χ0) is 17.8. The van der Waals surface area contributed by atoms with Gasteiger partial charge in [-0.2, -0.15) is 13.2 Å². The van der Waals surface area contributed by atoms with Gasteiger partial charge in [-0.3, -0.25) is 9.59 Å². The molecule has 10 heteroatoms. The van der Waals surface area contributed by atoms with Crippen LogP contribution in [0.1, 0.15) is 19.4 Å². The fourth-order valence-corrected chi connectivity index (χ4v) is 2.85. The number of sulfone groups is 1. The monoisotopic (exact) mass is 352 g/mol. The second kappa shape index (κ2) is 6.99. The van der Waals surface area contributed by atoms with Crippen LogP contribution in [0.25, 0.3) is 0 Å². The quantitative estimate of drug-likeness (QED) is 0.842. The van der Waals surface area contributed by atoms with Crippen LogP contribution in [-0.4, -0.2) is 32.2 Å². The normalized spacial score (nSPS) is 11.9. The Morgan fingerprint density at radius 2 is 1.83 bits per heavy atom. The molecule has 0 fully saturated rings. The molecule has 0 bridgehead atoms. The third-order valence-corrected chi connectivity index (χ3v) is 4.62. The molecule has 0 aliphatic carbocycles. The summed E-state index contributed by atoms with van der Waals surface area (Å²) < 4.78 is 60.6. The van der Waals surface area contributed by atoms with Gasteiger partial charge in [-0.25, -0.2) is 8.42 Å². The molecule has 0 spiro atoms. The molecule has 1 rings (SSSR count). The largest absolute Gasteiger partial charge is 0.471 e. The maximum Gasteiger partial charge on any atom is 0.471 e. The van der Waals surface area contributed by atoms with Crippen molar-refractivity contribution in [3.63, 3.8) is 0 Å². The van der Waals surface area contributed by atoms with Crippen LogP contribution in [0, 0.1) is 0 Å². The molecule has 0 heterocycles. The number of anilines is 1. The lowest BCUT2D eigenvalue weighted by molar-refractivity contribution is -0.173. The van der Waals surface area contributed by atoms with Crippen LogP contribution in [0.4, 0.5) is 18.9 Å². The van der Waals surface area contributed by atoms with E-state index in [4.69, 9.17) is 0 Å². The van der Waals surface area contributed by atoms with Crippen LogP contribution in [0.5, 0.6) is 0 Å². The number of hydrogen-bond donors (Lipinski definition) is 2. The Labute approximate surface area is 131 Å². The number of hydrogen-bond acceptors (Lipinski definition) is 4. The Hall–Kier alpha value is -2.10. The van der Waals surface area contributed by atoms with E-state index in [1.807, 2.05) is 0 Å². The molecule has 0 atom stereocenters. The van der Waals surface area contributed by atoms with E-state index in [0.717, 1.165) is 0 Å². The number of alkyl halides is 3. The minimum Gasteiger partial charge on any atom is -0.344 e. The summed E-state index contributed by atoms with van der Waals surface area (Å²) in [4.78, 5) is 21.7. The Kier molecular flexibility index (Phi) is 5.75. The van der Waals surface area contributed by atoms with Crippen LogP contribution in [0.15, 0.2) is 23.1 Å². The van der Waals surface area contributed by atoms with Crippen molar-refractivity contribution in [1.29, 1.82) is 0 Å². The lowest BCUT2D eigenvalue weighted by Gasteiger charge is -2.13. The molecule has 0 aliphatic heterocycles. The number of rotatable bonds is 5. The van der Waals surface area contributed by atoms with Crippen LogP contribution in [-0.2, 0) is 26.0 Å². The lowest BCUT2D eigenvalue weighted by atomic mass is 10.2. The highest BCUT2D eigenvalue weighted by Gasteiger charge is 2.38. The first-order chi connectivity index (χ1) is 10.5. The van der Waals surface area contributed by atoms with Gasteiger partial charge in [-0.15, -0.1) is 0 Å². The molecular formula is C13H15F3N2O4S. The third kappa shape index (κ3) is 5.23. The highest BCUT2D eigenvalue weighted by Crippen LogP contribution is 2.22. The van der Waals surface area contributed by atoms with E-state index in [0.29, 0.717) is 0 Å². The highest BCUT2D eigenvalue weighted by molar-refractivity contribution is 7.91. The van der Waals surface area contributed by atoms with E-state index < -0.39 is 34.4 Å². The number of halogens is 3. The summed E-state index contributed by atoms with van der Waals surface area (Å²) >= 11 is 0. The summed E-state index contributed by atoms with van der Waals surface area (Å²) in [5, 5.41) is 4.01. The first-order valence-corrected chi connectivity index (χ1v) is 8.11. The van der Waals surface area contributed by atoms with Gasteiger partial charge in [0.15, 0.2) is 9.84 Å². The van der Waals surface area contributed by atoms with Gasteiger partial charge in [0.2, 0.25) is 5.91 Å². The molecule has 1 aromatic rings. The summed E-state index contributed by atoms with van der Waals surface area (Å²) in [6.07, 6.45) is -5.07. The third-order valence-electron chi connectivity index (χ3n) is 2.79. The van der Waals surface area contributed by atoms with Crippen molar-refractivity contribution in [1.82, 2.24) is 5.32 Å². The second-order valence-electron chi connectivity index (χ2n) is 4.59. The average molecular weight is 352 g/mol. The van der Waals surface area contributed by atoms with E-state index in [9.17, 15) is 31.2 Å². The Morgan fingerprint density at radius 1 is 1.22 bits per heavy atom. The highest BCUT2D eigenvalue weighted by atomic mass is 32.2. The molecule has 2 N–H and O–H groups in total. The van der Waals surface area contributed by atoms with Gasteiger partial charge in [0, 0.05) is 19.2 Å². The van der Waals surface area contributed by atoms with Gasteiger partial charge in [-0.05, 0) is 23.8 Å². The molecule has 128 valence electrons. The summed E-state index contributed by atoms with van der Waals surface area (Å²) in [7, 11) is -3.70. The molecule has 0 saturated carbocycles. The number of benzene rings is 1. The Morgan fingerprint density at radius 3 is 2.30 bits per heavy atom. The number of amides is 2. The van der Waals surface area contributed by atoms with E-state index >= 15 is 0 Å². The van der Waals surface area contributed by atoms with E-state index in [1.165, 1.54) is 32.0 Å². The maximum absolute atomic E-state index is 12.2. The van der Waals surface area contributed by atoms with Gasteiger partial charge in [0.25, 0.3) is 0 Å². The molecule has 0 saturated heterocycles. The molecule has 0 radical (unpaired) electrons. The smallest absolute Gasteiger partial charge is 0.344 e. The second-order valence-corrected chi connectivity index (χ2v) is 6.83. The van der Waals surface area contributed by atoms with Crippen molar-refractivity contribution in [2.75, 3.05) is 11.1 Å². The van der Waals surface area contributed by atoms with Crippen molar-refractivity contribution in [2.45, 2.75) is 31.5 Å². The van der Waals surface area contributed by atoms with Gasteiger partial charge in [0.05, 0.1) is 10.6 Å². The summed E-state index contributed by atoms with van der Waals surface area (Å²) in [6, 6.07) is 3.71. The van der Waals surface area contributed by atoms with Crippen molar-refractivity contribution in [3.8, 4) is 0 Å². The van der Waals surface area contributed by atoms with Gasteiger partial charge in [0.1, 0.15) is 0 Å². The zero-order valence-electron chi connectivity index (χ0n) is 12.3. The first-order valence-electron chi connectivity index (χ1n) is 6.45. The summed E-state index contributed by atoms with van der Waals surface area (Å²) in [6.45, 7) is 1.97. The number of carbonyl (C=O) groups is 2. The van der Waals surface area contributed by atoms with Crippen LogP contribution in [0.3, 0.4) is 0 Å². The average Bonchev–Trinajstić information content (AvgIpc) is 2.42. The summed E-state index contributed by atoms with van der Waals surface area (Å²) in [5.74, 6) is -2.86. The SMILES string of the molecule is CCS(=O)(=O)c1ccc(NC(C)=O)cc1CNC(=O)C(F)(F)F. The fraction of sp³-hybridized carbons (Fsp3) is 0.385. The lowest BCUT2D eigenvalue weighted by Crippen LogP contribution is -2.36. The fourth-order valence-electron chi connectivity index (χ4n) is 1.73. The summed E-state index contributed by atoms with van der Waals surface area (Å²) in [5.41, 5.74) is 0.166. The van der Waals surface area contributed by atoms with Crippen LogP contribution >= 0.6 is 0 Å². The van der Waals surface area contributed by atoms with Crippen molar-refractivity contribution >= 4 is 27.3 Å². The Balaban J connectivity index is 3.18. The zero-order valence-corrected chi connectivity index (χ0v) is 13.1. The molecule has 0 unspecified atom stereocenters. The maximum atomic E-state index is 12.2. The van der Waals surface area contributed by atoms with E-state index in [-0.39, 0.29) is 21.9 Å². The standard InChI is InChI=1S/C13H15F3N2O4S/c1-3-23(21,22)11-5-4-10(18-8(2)19)6-9(11)7-17-12(20)13(14,15)16/h4-6H,3,7H2,1-2H3,(H,17,20)(H,18,19). The van der Waals surface area contributed by atoms with Crippen molar-refractivity contribution < 1.29 is 31.2 Å². The predicted octanol–water partition coefficient (Wildman–Crippen LogP) is 1.62. The molecule has 0 aromatic heterocycles. The minimum atomic E-state index is -5.07. The van der Waals surface area contributed by atoms with Crippen LogP contribution < -0.4 is 10.6 Å². The number of nitrogens with one attached hydrogen (secondary N) is 2. The van der Waals surface area contributed by atoms with Gasteiger partial charge >= 0.3 is 12.1 Å². The van der Waals surface area contributed by atoms with E-state index in [2.05, 4.69) is 5.32 Å². The molecule has 23 heavy (non-hydrogen) atoms. The van der Waals surface area contributed by atoms with Crippen LogP contribution in [0.2, 0.25) is 0 Å². The van der Waals surface area contributed by atoms with Gasteiger partial charge < -0.3 is 10.6 Å². The van der Waals surface area contributed by atoms with E-state index in [1.54, 1.807) is 5.32 Å². The first kappa shape index (κ1) is 18.9. The minimum absolute atomic E-state index is 0.0456. The molecular weight excluding hydrogens is 337 g/mol. The predicted molar refractivity (Wildman–Crippen MR) is 76.4 cm³/mol. The van der Waals surface area contributed by atoms with Crippen molar-refractivity contribution in [3.05, 3.63) is 23.8 Å². The molecule has 2 amide bonds. The molecule has 6 nitrogen and oxygen atoms in total. The molecule has 0 aliphatic rings. The van der Waals surface area contributed by atoms with Gasteiger partial charge in [-0.1, -0.05) is 6.92 Å². The number of carbonyl (C=O) groups excluding carboxylic acids is 2. The topological polar surface area (TPSA) is 92.3 Å².